The molecule has 1 N–H and O–H groups in total. The highest BCUT2D eigenvalue weighted by atomic mass is 35.5. The van der Waals surface area contributed by atoms with Crippen molar-refractivity contribution in [1.29, 1.82) is 0 Å². The van der Waals surface area contributed by atoms with Gasteiger partial charge in [-0.3, -0.25) is 4.79 Å². The lowest BCUT2D eigenvalue weighted by molar-refractivity contribution is -0.136. The molecule has 2 aromatic carbocycles. The fourth-order valence-corrected chi connectivity index (χ4v) is 5.57. The van der Waals surface area contributed by atoms with Crippen molar-refractivity contribution in [3.05, 3.63) is 68.0 Å². The van der Waals surface area contributed by atoms with Crippen LogP contribution in [-0.2, 0) is 16.2 Å². The highest BCUT2D eigenvalue weighted by Gasteiger charge is 2.34. The van der Waals surface area contributed by atoms with Crippen LogP contribution in [0.4, 0.5) is 18.9 Å². The van der Waals surface area contributed by atoms with E-state index >= 15 is 0 Å². The van der Waals surface area contributed by atoms with Crippen molar-refractivity contribution in [2.45, 2.75) is 24.9 Å². The second-order valence-corrected chi connectivity index (χ2v) is 9.71. The van der Waals surface area contributed by atoms with Gasteiger partial charge in [-0.2, -0.15) is 17.5 Å². The largest absolute Gasteiger partial charge is 0.423 e. The summed E-state index contributed by atoms with van der Waals surface area (Å²) in [5.74, 6) is -0.855. The smallest absolute Gasteiger partial charge is 0.417 e. The molecule has 0 saturated carbocycles. The maximum absolute atomic E-state index is 13.2. The number of carbonyl (C=O) groups is 1. The molecule has 0 aliphatic carbocycles. The minimum absolute atomic E-state index is 0.0147. The van der Waals surface area contributed by atoms with Gasteiger partial charge in [0.2, 0.25) is 10.0 Å². The van der Waals surface area contributed by atoms with Crippen LogP contribution in [-0.4, -0.2) is 31.7 Å². The van der Waals surface area contributed by atoms with Gasteiger partial charge in [-0.15, -0.1) is 0 Å². The first-order chi connectivity index (χ1) is 15.8. The maximum Gasteiger partial charge on any atom is 0.417 e. The first-order valence-corrected chi connectivity index (χ1v) is 11.9. The van der Waals surface area contributed by atoms with Crippen LogP contribution in [0.15, 0.2) is 50.5 Å². The van der Waals surface area contributed by atoms with Crippen LogP contribution in [0.3, 0.4) is 0 Å². The molecule has 0 atom stereocenters. The van der Waals surface area contributed by atoms with Gasteiger partial charge in [0, 0.05) is 36.3 Å². The standard InChI is InChI=1S/C21H17Cl2F3N2O5S/c1-3-28(4-2)34(31,32)18-8-13(15(22)10-16(18)23)20(30)27-11-5-6-12-14(21(24,25)26)9-19(29)33-17(12)7-11/h5-10H,3-4H2,1-2H3,(H,27,30). The Morgan fingerprint density at radius 1 is 1.06 bits per heavy atom. The molecule has 0 spiro atoms. The number of carbonyl (C=O) groups excluding carboxylic acids is 1. The summed E-state index contributed by atoms with van der Waals surface area (Å²) in [6.07, 6.45) is -4.79. The van der Waals surface area contributed by atoms with E-state index in [1.54, 1.807) is 13.8 Å². The number of sulfonamides is 1. The summed E-state index contributed by atoms with van der Waals surface area (Å²) in [5, 5.41) is 1.71. The van der Waals surface area contributed by atoms with E-state index < -0.39 is 38.9 Å². The molecule has 7 nitrogen and oxygen atoms in total. The minimum atomic E-state index is -4.79. The summed E-state index contributed by atoms with van der Waals surface area (Å²) in [4.78, 5) is 24.1. The molecule has 3 aromatic rings. The number of hydrogen-bond acceptors (Lipinski definition) is 5. The molecule has 0 radical (unpaired) electrons. The lowest BCUT2D eigenvalue weighted by Gasteiger charge is -2.20. The van der Waals surface area contributed by atoms with Gasteiger partial charge in [0.05, 0.1) is 21.2 Å². The fraction of sp³-hybridized carbons (Fsp3) is 0.238. The Kier molecular flexibility index (Phi) is 7.32. The molecule has 1 aromatic heterocycles. The number of benzene rings is 2. The van der Waals surface area contributed by atoms with Crippen molar-refractivity contribution < 1.29 is 30.8 Å². The SMILES string of the molecule is CCN(CC)S(=O)(=O)c1cc(C(=O)Nc2ccc3c(C(F)(F)F)cc(=O)oc3c2)c(Cl)cc1Cl. The van der Waals surface area contributed by atoms with Crippen LogP contribution in [0.5, 0.6) is 0 Å². The number of alkyl halides is 3. The number of halogens is 5. The van der Waals surface area contributed by atoms with Crippen molar-refractivity contribution in [1.82, 2.24) is 4.31 Å². The molecule has 34 heavy (non-hydrogen) atoms. The molecule has 0 bridgehead atoms. The van der Waals surface area contributed by atoms with E-state index in [4.69, 9.17) is 27.6 Å². The monoisotopic (exact) mass is 536 g/mol. The Labute approximate surface area is 202 Å². The average molecular weight is 537 g/mol. The Hall–Kier alpha value is -2.60. The van der Waals surface area contributed by atoms with Gasteiger partial charge in [0.25, 0.3) is 5.91 Å². The van der Waals surface area contributed by atoms with Crippen LogP contribution in [0.2, 0.25) is 10.0 Å². The Morgan fingerprint density at radius 2 is 1.71 bits per heavy atom. The van der Waals surface area contributed by atoms with Gasteiger partial charge in [0.1, 0.15) is 10.5 Å². The molecular formula is C21H17Cl2F3N2O5S. The minimum Gasteiger partial charge on any atom is -0.423 e. The molecule has 13 heteroatoms. The molecular weight excluding hydrogens is 520 g/mol. The summed E-state index contributed by atoms with van der Waals surface area (Å²) < 4.78 is 71.4. The van der Waals surface area contributed by atoms with Crippen LogP contribution < -0.4 is 10.9 Å². The third kappa shape index (κ3) is 5.07. The van der Waals surface area contributed by atoms with E-state index in [2.05, 4.69) is 5.32 Å². The average Bonchev–Trinajstić information content (AvgIpc) is 2.72. The van der Waals surface area contributed by atoms with Crippen molar-refractivity contribution in [2.75, 3.05) is 18.4 Å². The summed E-state index contributed by atoms with van der Waals surface area (Å²) in [7, 11) is -4.02. The lowest BCUT2D eigenvalue weighted by atomic mass is 10.1. The zero-order valence-corrected chi connectivity index (χ0v) is 20.0. The maximum atomic E-state index is 13.2. The summed E-state index contributed by atoms with van der Waals surface area (Å²) >= 11 is 12.2. The molecule has 0 fully saturated rings. The van der Waals surface area contributed by atoms with E-state index in [0.717, 1.165) is 28.6 Å². The van der Waals surface area contributed by atoms with E-state index in [0.29, 0.717) is 6.07 Å². The predicted molar refractivity (Wildman–Crippen MR) is 122 cm³/mol. The summed E-state index contributed by atoms with van der Waals surface area (Å²) in [6.45, 7) is 3.62. The van der Waals surface area contributed by atoms with E-state index in [1.807, 2.05) is 0 Å². The first kappa shape index (κ1) is 26.0. The number of amides is 1. The van der Waals surface area contributed by atoms with Crippen LogP contribution in [0.25, 0.3) is 11.0 Å². The van der Waals surface area contributed by atoms with E-state index in [-0.39, 0.29) is 44.7 Å². The Morgan fingerprint density at radius 3 is 2.29 bits per heavy atom. The lowest BCUT2D eigenvalue weighted by Crippen LogP contribution is -2.31. The fourth-order valence-electron chi connectivity index (χ4n) is 3.28. The normalized spacial score (nSPS) is 12.4. The molecule has 0 aliphatic rings. The van der Waals surface area contributed by atoms with Gasteiger partial charge in [-0.1, -0.05) is 37.0 Å². The third-order valence-corrected chi connectivity index (χ3v) is 7.72. The van der Waals surface area contributed by atoms with Crippen molar-refractivity contribution >= 4 is 55.8 Å². The molecule has 1 amide bonds. The molecule has 3 rings (SSSR count). The Bertz CT molecular complexity index is 1430. The third-order valence-electron chi connectivity index (χ3n) is 4.90. The molecule has 0 aliphatic heterocycles. The van der Waals surface area contributed by atoms with Crippen LogP contribution >= 0.6 is 23.2 Å². The summed E-state index contributed by atoms with van der Waals surface area (Å²) in [6, 6.07) is 5.73. The number of hydrogen-bond donors (Lipinski definition) is 1. The number of anilines is 1. The molecule has 0 saturated heterocycles. The second-order valence-electron chi connectivity index (χ2n) is 6.99. The first-order valence-electron chi connectivity index (χ1n) is 9.75. The number of fused-ring (bicyclic) bond motifs is 1. The quantitative estimate of drug-likeness (QED) is 0.425. The van der Waals surface area contributed by atoms with E-state index in [9.17, 15) is 31.2 Å². The highest BCUT2D eigenvalue weighted by Crippen LogP contribution is 2.35. The zero-order valence-electron chi connectivity index (χ0n) is 17.7. The topological polar surface area (TPSA) is 96.7 Å². The molecule has 0 unspecified atom stereocenters. The number of nitrogens with zero attached hydrogens (tertiary/aromatic N) is 1. The second kappa shape index (κ2) is 9.57. The van der Waals surface area contributed by atoms with E-state index in [1.165, 1.54) is 6.07 Å². The summed E-state index contributed by atoms with van der Waals surface area (Å²) in [5.41, 5.74) is -3.04. The highest BCUT2D eigenvalue weighted by molar-refractivity contribution is 7.89. The number of nitrogens with one attached hydrogen (secondary N) is 1. The van der Waals surface area contributed by atoms with Crippen molar-refractivity contribution in [2.24, 2.45) is 0 Å². The molecule has 182 valence electrons. The molecule has 1 heterocycles. The van der Waals surface area contributed by atoms with Gasteiger partial charge < -0.3 is 9.73 Å². The predicted octanol–water partition coefficient (Wildman–Crippen LogP) is 5.40. The van der Waals surface area contributed by atoms with Gasteiger partial charge >= 0.3 is 11.8 Å². The van der Waals surface area contributed by atoms with Crippen molar-refractivity contribution in [3.8, 4) is 0 Å². The Balaban J connectivity index is 2.03. The van der Waals surface area contributed by atoms with Gasteiger partial charge in [0.15, 0.2) is 0 Å². The van der Waals surface area contributed by atoms with Gasteiger partial charge in [-0.05, 0) is 24.3 Å². The van der Waals surface area contributed by atoms with Crippen LogP contribution in [0.1, 0.15) is 29.8 Å². The van der Waals surface area contributed by atoms with Crippen molar-refractivity contribution in [3.63, 3.8) is 0 Å². The van der Waals surface area contributed by atoms with Crippen LogP contribution in [0, 0.1) is 0 Å². The number of rotatable bonds is 6. The van der Waals surface area contributed by atoms with Gasteiger partial charge in [-0.25, -0.2) is 13.2 Å². The zero-order chi connectivity index (χ0) is 25.4.